The largest absolute Gasteiger partial charge is 0.375 e. The highest BCUT2D eigenvalue weighted by Crippen LogP contribution is 2.42. The van der Waals surface area contributed by atoms with Crippen molar-refractivity contribution in [1.82, 2.24) is 14.5 Å². The van der Waals surface area contributed by atoms with Gasteiger partial charge < -0.3 is 18.9 Å². The number of hydrogen-bond donors (Lipinski definition) is 0. The van der Waals surface area contributed by atoms with E-state index < -0.39 is 0 Å². The van der Waals surface area contributed by atoms with Crippen LogP contribution in [0.15, 0.2) is 36.5 Å². The van der Waals surface area contributed by atoms with Crippen LogP contribution in [0.25, 0.3) is 0 Å². The Kier molecular flexibility index (Phi) is 5.02. The number of carbonyl (C=O) groups is 1. The van der Waals surface area contributed by atoms with E-state index in [0.29, 0.717) is 32.2 Å². The molecule has 4 heterocycles. The molecule has 6 nitrogen and oxygen atoms in total. The van der Waals surface area contributed by atoms with Gasteiger partial charge in [-0.05, 0) is 49.9 Å². The molecule has 0 saturated carbocycles. The zero-order valence-electron chi connectivity index (χ0n) is 16.1. The summed E-state index contributed by atoms with van der Waals surface area (Å²) in [6, 6.07) is 9.76. The molecule has 27 heavy (non-hydrogen) atoms. The van der Waals surface area contributed by atoms with Gasteiger partial charge in [0, 0.05) is 32.2 Å². The van der Waals surface area contributed by atoms with Crippen LogP contribution < -0.4 is 0 Å². The Labute approximate surface area is 160 Å². The molecule has 144 valence electrons. The second-order valence-electron chi connectivity index (χ2n) is 7.68. The Morgan fingerprint density at radius 2 is 2.19 bits per heavy atom. The highest BCUT2D eigenvalue weighted by molar-refractivity contribution is 5.93. The first-order chi connectivity index (χ1) is 13.1. The minimum Gasteiger partial charge on any atom is -0.375 e. The number of rotatable bonds is 6. The number of nitrogens with zero attached hydrogens (tertiary/aromatic N) is 3. The standard InChI is InChI=1S/C21H27N3O3/c1-16-5-3-6-18(22-16)13-26-11-8-17-9-12-27-21(17)14-24(15-21)20(25)19-7-4-10-23(19)2/h3-7,10,17H,8-9,11-15H2,1-2H3. The number of ether oxygens (including phenoxy) is 2. The minimum absolute atomic E-state index is 0.0872. The highest BCUT2D eigenvalue weighted by Gasteiger charge is 2.54. The predicted octanol–water partition coefficient (Wildman–Crippen LogP) is 2.57. The number of pyridine rings is 1. The van der Waals surface area contributed by atoms with E-state index in [2.05, 4.69) is 4.98 Å². The zero-order valence-corrected chi connectivity index (χ0v) is 16.1. The van der Waals surface area contributed by atoms with E-state index in [4.69, 9.17) is 9.47 Å². The predicted molar refractivity (Wildman–Crippen MR) is 101 cm³/mol. The second kappa shape index (κ2) is 7.44. The Morgan fingerprint density at radius 1 is 1.33 bits per heavy atom. The molecule has 0 aromatic carbocycles. The fourth-order valence-electron chi connectivity index (χ4n) is 4.21. The van der Waals surface area contributed by atoms with Crippen LogP contribution in [0.4, 0.5) is 0 Å². The van der Waals surface area contributed by atoms with Crippen molar-refractivity contribution in [2.24, 2.45) is 13.0 Å². The van der Waals surface area contributed by atoms with Gasteiger partial charge >= 0.3 is 0 Å². The number of hydrogen-bond acceptors (Lipinski definition) is 4. The van der Waals surface area contributed by atoms with Crippen molar-refractivity contribution in [2.75, 3.05) is 26.3 Å². The maximum atomic E-state index is 12.6. The molecule has 1 atom stereocenters. The fraction of sp³-hybridized carbons (Fsp3) is 0.524. The van der Waals surface area contributed by atoms with E-state index in [0.717, 1.165) is 36.5 Å². The smallest absolute Gasteiger partial charge is 0.270 e. The number of likely N-dealkylation sites (tertiary alicyclic amines) is 1. The first kappa shape index (κ1) is 18.2. The van der Waals surface area contributed by atoms with Gasteiger partial charge in [-0.25, -0.2) is 0 Å². The van der Waals surface area contributed by atoms with Gasteiger partial charge in [0.1, 0.15) is 11.3 Å². The van der Waals surface area contributed by atoms with E-state index in [1.165, 1.54) is 0 Å². The van der Waals surface area contributed by atoms with Gasteiger partial charge in [0.2, 0.25) is 0 Å². The van der Waals surface area contributed by atoms with Gasteiger partial charge in [0.05, 0.1) is 25.4 Å². The molecule has 1 spiro atoms. The van der Waals surface area contributed by atoms with E-state index in [1.54, 1.807) is 0 Å². The third kappa shape index (κ3) is 3.64. The number of amides is 1. The van der Waals surface area contributed by atoms with Crippen molar-refractivity contribution in [3.63, 3.8) is 0 Å². The van der Waals surface area contributed by atoms with Crippen molar-refractivity contribution >= 4 is 5.91 Å². The quantitative estimate of drug-likeness (QED) is 0.735. The van der Waals surface area contributed by atoms with E-state index >= 15 is 0 Å². The zero-order chi connectivity index (χ0) is 18.9. The lowest BCUT2D eigenvalue weighted by atomic mass is 9.79. The van der Waals surface area contributed by atoms with Crippen molar-refractivity contribution < 1.29 is 14.3 Å². The summed E-state index contributed by atoms with van der Waals surface area (Å²) in [5.41, 5.74) is 2.53. The lowest BCUT2D eigenvalue weighted by Crippen LogP contribution is -2.66. The molecule has 2 aromatic heterocycles. The van der Waals surface area contributed by atoms with Crippen molar-refractivity contribution in [3.8, 4) is 0 Å². The monoisotopic (exact) mass is 369 g/mol. The van der Waals surface area contributed by atoms with Crippen molar-refractivity contribution in [2.45, 2.75) is 32.0 Å². The third-order valence-corrected chi connectivity index (χ3v) is 5.77. The molecular formula is C21H27N3O3. The summed E-state index contributed by atoms with van der Waals surface area (Å²) in [4.78, 5) is 19.0. The molecule has 6 heteroatoms. The summed E-state index contributed by atoms with van der Waals surface area (Å²) in [5.74, 6) is 0.532. The third-order valence-electron chi connectivity index (χ3n) is 5.77. The molecule has 0 bridgehead atoms. The maximum Gasteiger partial charge on any atom is 0.270 e. The lowest BCUT2D eigenvalue weighted by Gasteiger charge is -2.50. The Bertz CT molecular complexity index is 811. The van der Waals surface area contributed by atoms with Gasteiger partial charge in [0.25, 0.3) is 5.91 Å². The number of carbonyl (C=O) groups excluding carboxylic acids is 1. The number of aryl methyl sites for hydroxylation is 2. The molecule has 1 unspecified atom stereocenters. The van der Waals surface area contributed by atoms with Crippen LogP contribution in [-0.2, 0) is 23.1 Å². The minimum atomic E-state index is -0.175. The summed E-state index contributed by atoms with van der Waals surface area (Å²) < 4.78 is 13.8. The van der Waals surface area contributed by atoms with Crippen LogP contribution in [0.1, 0.15) is 34.7 Å². The van der Waals surface area contributed by atoms with Gasteiger partial charge in [-0.1, -0.05) is 6.07 Å². The molecule has 2 aromatic rings. The fourth-order valence-corrected chi connectivity index (χ4v) is 4.21. The summed E-state index contributed by atoms with van der Waals surface area (Å²) in [6.07, 6.45) is 3.90. The second-order valence-corrected chi connectivity index (χ2v) is 7.68. The maximum absolute atomic E-state index is 12.6. The van der Waals surface area contributed by atoms with Crippen LogP contribution in [0, 0.1) is 12.8 Å². The molecule has 0 radical (unpaired) electrons. The first-order valence-electron chi connectivity index (χ1n) is 9.62. The van der Waals surface area contributed by atoms with Gasteiger partial charge in [0.15, 0.2) is 0 Å². The normalized spacial score (nSPS) is 20.8. The van der Waals surface area contributed by atoms with Crippen LogP contribution >= 0.6 is 0 Å². The van der Waals surface area contributed by atoms with E-state index in [1.807, 2.05) is 60.0 Å². The first-order valence-corrected chi connectivity index (χ1v) is 9.62. The molecular weight excluding hydrogens is 342 g/mol. The topological polar surface area (TPSA) is 56.6 Å². The Hall–Kier alpha value is -2.18. The SMILES string of the molecule is Cc1cccc(COCCC2CCOC23CN(C(=O)c2cccn2C)C3)n1. The summed E-state index contributed by atoms with van der Waals surface area (Å²) in [6.45, 7) is 5.36. The van der Waals surface area contributed by atoms with Crippen LogP contribution in [0.3, 0.4) is 0 Å². The molecule has 2 fully saturated rings. The summed E-state index contributed by atoms with van der Waals surface area (Å²) >= 11 is 0. The molecule has 2 aliphatic rings. The highest BCUT2D eigenvalue weighted by atomic mass is 16.5. The van der Waals surface area contributed by atoms with E-state index in [9.17, 15) is 4.79 Å². The Morgan fingerprint density at radius 3 is 2.93 bits per heavy atom. The summed E-state index contributed by atoms with van der Waals surface area (Å²) in [5, 5.41) is 0. The summed E-state index contributed by atoms with van der Waals surface area (Å²) in [7, 11) is 1.90. The van der Waals surface area contributed by atoms with Gasteiger partial charge in [-0.2, -0.15) is 0 Å². The van der Waals surface area contributed by atoms with Crippen LogP contribution in [-0.4, -0.2) is 52.3 Å². The van der Waals surface area contributed by atoms with Gasteiger partial charge in [-0.3, -0.25) is 9.78 Å². The Balaban J connectivity index is 1.26. The molecule has 2 aliphatic heterocycles. The van der Waals surface area contributed by atoms with Gasteiger partial charge in [-0.15, -0.1) is 0 Å². The molecule has 0 N–H and O–H groups in total. The molecule has 0 aliphatic carbocycles. The van der Waals surface area contributed by atoms with Crippen molar-refractivity contribution in [3.05, 3.63) is 53.6 Å². The average Bonchev–Trinajstić information content (AvgIpc) is 3.23. The number of aromatic nitrogens is 2. The molecule has 2 saturated heterocycles. The average molecular weight is 369 g/mol. The van der Waals surface area contributed by atoms with Crippen LogP contribution in [0.2, 0.25) is 0 Å². The lowest BCUT2D eigenvalue weighted by molar-refractivity contribution is -0.121. The van der Waals surface area contributed by atoms with E-state index in [-0.39, 0.29) is 11.5 Å². The van der Waals surface area contributed by atoms with Crippen LogP contribution in [0.5, 0.6) is 0 Å². The molecule has 1 amide bonds. The molecule has 4 rings (SSSR count). The van der Waals surface area contributed by atoms with Crippen molar-refractivity contribution in [1.29, 1.82) is 0 Å².